The SMILES string of the molecule is CNc1ncnc(N(CCOC)C(C)C)c1C. The molecule has 0 amide bonds. The van der Waals surface area contributed by atoms with Crippen molar-refractivity contribution in [2.45, 2.75) is 26.8 Å². The zero-order chi connectivity index (χ0) is 12.8. The third-order valence-electron chi connectivity index (χ3n) is 2.73. The summed E-state index contributed by atoms with van der Waals surface area (Å²) in [7, 11) is 3.58. The van der Waals surface area contributed by atoms with E-state index in [4.69, 9.17) is 4.74 Å². The lowest BCUT2D eigenvalue weighted by atomic mass is 10.2. The second kappa shape index (κ2) is 6.39. The molecule has 1 N–H and O–H groups in total. The van der Waals surface area contributed by atoms with Crippen LogP contribution in [0.2, 0.25) is 0 Å². The van der Waals surface area contributed by atoms with Gasteiger partial charge in [-0.05, 0) is 20.8 Å². The average Bonchev–Trinajstić information content (AvgIpc) is 2.31. The number of rotatable bonds is 6. The molecule has 1 aromatic rings. The van der Waals surface area contributed by atoms with Crippen molar-refractivity contribution < 1.29 is 4.74 Å². The summed E-state index contributed by atoms with van der Waals surface area (Å²) in [5.41, 5.74) is 1.07. The Hall–Kier alpha value is -1.36. The van der Waals surface area contributed by atoms with Gasteiger partial charge in [0.1, 0.15) is 18.0 Å². The van der Waals surface area contributed by atoms with Crippen LogP contribution in [0.4, 0.5) is 11.6 Å². The normalized spacial score (nSPS) is 10.7. The topological polar surface area (TPSA) is 50.3 Å². The number of nitrogens with one attached hydrogen (secondary N) is 1. The molecule has 1 aromatic heterocycles. The predicted octanol–water partition coefficient (Wildman–Crippen LogP) is 1.69. The van der Waals surface area contributed by atoms with Gasteiger partial charge in [0.2, 0.25) is 0 Å². The predicted molar refractivity (Wildman–Crippen MR) is 70.7 cm³/mol. The Morgan fingerprint density at radius 3 is 2.65 bits per heavy atom. The summed E-state index contributed by atoms with van der Waals surface area (Å²) in [6.45, 7) is 7.85. The zero-order valence-electron chi connectivity index (χ0n) is 11.3. The van der Waals surface area contributed by atoms with Crippen LogP contribution in [0.3, 0.4) is 0 Å². The van der Waals surface area contributed by atoms with Gasteiger partial charge in [-0.2, -0.15) is 0 Å². The summed E-state index contributed by atoms with van der Waals surface area (Å²) in [6, 6.07) is 0.378. The molecule has 17 heavy (non-hydrogen) atoms. The summed E-state index contributed by atoms with van der Waals surface area (Å²) in [6.07, 6.45) is 1.59. The van der Waals surface area contributed by atoms with Crippen molar-refractivity contribution >= 4 is 11.6 Å². The standard InChI is InChI=1S/C12H22N4O/c1-9(2)16(6-7-17-5)12-10(3)11(13-4)14-8-15-12/h8-9H,6-7H2,1-5H3,(H,13,14,15). The highest BCUT2D eigenvalue weighted by Crippen LogP contribution is 2.23. The molecule has 0 radical (unpaired) electrons. The first-order valence-electron chi connectivity index (χ1n) is 5.86. The summed E-state index contributed by atoms with van der Waals surface area (Å²) >= 11 is 0. The van der Waals surface area contributed by atoms with Gasteiger partial charge in [-0.1, -0.05) is 0 Å². The maximum atomic E-state index is 5.14. The lowest BCUT2D eigenvalue weighted by Crippen LogP contribution is -2.35. The lowest BCUT2D eigenvalue weighted by Gasteiger charge is -2.29. The molecule has 0 bridgehead atoms. The number of hydrogen-bond acceptors (Lipinski definition) is 5. The van der Waals surface area contributed by atoms with Crippen LogP contribution in [-0.4, -0.2) is 43.3 Å². The van der Waals surface area contributed by atoms with E-state index in [1.807, 2.05) is 14.0 Å². The molecular weight excluding hydrogens is 216 g/mol. The summed E-state index contributed by atoms with van der Waals surface area (Å²) in [5.74, 6) is 1.84. The first kappa shape index (κ1) is 13.7. The number of anilines is 2. The Morgan fingerprint density at radius 1 is 1.41 bits per heavy atom. The Bertz CT molecular complexity index is 354. The minimum atomic E-state index is 0.378. The molecule has 5 nitrogen and oxygen atoms in total. The number of nitrogens with zero attached hydrogens (tertiary/aromatic N) is 3. The molecule has 0 atom stereocenters. The van der Waals surface area contributed by atoms with Crippen LogP contribution in [0.15, 0.2) is 6.33 Å². The van der Waals surface area contributed by atoms with Gasteiger partial charge < -0.3 is 15.0 Å². The van der Waals surface area contributed by atoms with E-state index in [9.17, 15) is 0 Å². The highest BCUT2D eigenvalue weighted by Gasteiger charge is 2.16. The van der Waals surface area contributed by atoms with E-state index in [-0.39, 0.29) is 0 Å². The van der Waals surface area contributed by atoms with E-state index < -0.39 is 0 Å². The van der Waals surface area contributed by atoms with Crippen LogP contribution in [-0.2, 0) is 4.74 Å². The van der Waals surface area contributed by atoms with Crippen LogP contribution < -0.4 is 10.2 Å². The molecule has 0 saturated heterocycles. The molecular formula is C12H22N4O. The smallest absolute Gasteiger partial charge is 0.137 e. The van der Waals surface area contributed by atoms with Crippen molar-refractivity contribution in [2.75, 3.05) is 37.5 Å². The van der Waals surface area contributed by atoms with E-state index in [2.05, 4.69) is 34.0 Å². The molecule has 0 spiro atoms. The zero-order valence-corrected chi connectivity index (χ0v) is 11.3. The van der Waals surface area contributed by atoms with E-state index >= 15 is 0 Å². The number of hydrogen-bond donors (Lipinski definition) is 1. The third kappa shape index (κ3) is 3.30. The van der Waals surface area contributed by atoms with Crippen molar-refractivity contribution in [3.05, 3.63) is 11.9 Å². The van der Waals surface area contributed by atoms with E-state index in [1.165, 1.54) is 0 Å². The second-order valence-corrected chi connectivity index (χ2v) is 4.20. The minimum Gasteiger partial charge on any atom is -0.383 e. The van der Waals surface area contributed by atoms with Gasteiger partial charge in [0.05, 0.1) is 6.61 Å². The van der Waals surface area contributed by atoms with Crippen LogP contribution >= 0.6 is 0 Å². The molecule has 0 aliphatic rings. The van der Waals surface area contributed by atoms with Crippen LogP contribution in [0.5, 0.6) is 0 Å². The first-order valence-corrected chi connectivity index (χ1v) is 5.86. The van der Waals surface area contributed by atoms with Gasteiger partial charge in [-0.3, -0.25) is 0 Å². The van der Waals surface area contributed by atoms with Gasteiger partial charge in [-0.25, -0.2) is 9.97 Å². The molecule has 0 aliphatic heterocycles. The number of methoxy groups -OCH3 is 1. The number of aromatic nitrogens is 2. The monoisotopic (exact) mass is 238 g/mol. The van der Waals surface area contributed by atoms with Gasteiger partial charge >= 0.3 is 0 Å². The van der Waals surface area contributed by atoms with E-state index in [1.54, 1.807) is 13.4 Å². The maximum absolute atomic E-state index is 5.14. The van der Waals surface area contributed by atoms with Crippen molar-refractivity contribution in [1.82, 2.24) is 9.97 Å². The second-order valence-electron chi connectivity index (χ2n) is 4.20. The molecule has 0 aliphatic carbocycles. The van der Waals surface area contributed by atoms with Crippen LogP contribution in [0.25, 0.3) is 0 Å². The Balaban J connectivity index is 3.01. The maximum Gasteiger partial charge on any atom is 0.137 e. The molecule has 1 rings (SSSR count). The quantitative estimate of drug-likeness (QED) is 0.817. The van der Waals surface area contributed by atoms with Gasteiger partial charge in [-0.15, -0.1) is 0 Å². The fourth-order valence-corrected chi connectivity index (χ4v) is 1.78. The van der Waals surface area contributed by atoms with Crippen LogP contribution in [0, 0.1) is 6.92 Å². The minimum absolute atomic E-state index is 0.378. The average molecular weight is 238 g/mol. The molecule has 96 valence electrons. The van der Waals surface area contributed by atoms with Crippen molar-refractivity contribution in [1.29, 1.82) is 0 Å². The molecule has 1 heterocycles. The van der Waals surface area contributed by atoms with Crippen molar-refractivity contribution in [2.24, 2.45) is 0 Å². The molecule has 0 saturated carbocycles. The van der Waals surface area contributed by atoms with Gasteiger partial charge in [0.25, 0.3) is 0 Å². The van der Waals surface area contributed by atoms with Crippen molar-refractivity contribution in [3.8, 4) is 0 Å². The van der Waals surface area contributed by atoms with Crippen LogP contribution in [0.1, 0.15) is 19.4 Å². The molecule has 5 heteroatoms. The summed E-state index contributed by atoms with van der Waals surface area (Å²) in [5, 5.41) is 3.08. The Morgan fingerprint density at radius 2 is 2.12 bits per heavy atom. The Labute approximate surface area is 103 Å². The molecule has 0 unspecified atom stereocenters. The number of ether oxygens (including phenoxy) is 1. The third-order valence-corrected chi connectivity index (χ3v) is 2.73. The van der Waals surface area contributed by atoms with E-state index in [0.29, 0.717) is 12.6 Å². The van der Waals surface area contributed by atoms with Gasteiger partial charge in [0, 0.05) is 32.3 Å². The fraction of sp³-hybridized carbons (Fsp3) is 0.667. The first-order chi connectivity index (χ1) is 8.11. The lowest BCUT2D eigenvalue weighted by molar-refractivity contribution is 0.203. The largest absolute Gasteiger partial charge is 0.383 e. The van der Waals surface area contributed by atoms with E-state index in [0.717, 1.165) is 23.7 Å². The molecule has 0 fully saturated rings. The fourth-order valence-electron chi connectivity index (χ4n) is 1.78. The van der Waals surface area contributed by atoms with Crippen molar-refractivity contribution in [3.63, 3.8) is 0 Å². The van der Waals surface area contributed by atoms with Gasteiger partial charge in [0.15, 0.2) is 0 Å². The highest BCUT2D eigenvalue weighted by molar-refractivity contribution is 5.57. The summed E-state index contributed by atoms with van der Waals surface area (Å²) in [4.78, 5) is 10.8. The molecule has 0 aromatic carbocycles. The highest BCUT2D eigenvalue weighted by atomic mass is 16.5. The summed E-state index contributed by atoms with van der Waals surface area (Å²) < 4.78 is 5.14. The Kier molecular flexibility index (Phi) is 5.15.